The number of rotatable bonds is 6. The molecule has 11 heteroatoms. The Bertz CT molecular complexity index is 290. The standard InChI is InChI=1S/C8H8F8O3/c9-5(10)3-18-1-2-19-4-6(17,7(11,12)13)8(14,15)16/h3,17H,1-2,4H2. The molecule has 0 amide bonds. The fourth-order valence-electron chi connectivity index (χ4n) is 0.773. The maximum atomic E-state index is 12.1. The lowest BCUT2D eigenvalue weighted by molar-refractivity contribution is -0.378. The van der Waals surface area contributed by atoms with Crippen LogP contribution in [0.3, 0.4) is 0 Å². The van der Waals surface area contributed by atoms with Gasteiger partial charge in [0, 0.05) is 0 Å². The van der Waals surface area contributed by atoms with Crippen LogP contribution in [0.5, 0.6) is 0 Å². The van der Waals surface area contributed by atoms with Gasteiger partial charge in [0.2, 0.25) is 0 Å². The molecule has 0 atom stereocenters. The molecule has 0 aliphatic rings. The Hall–Kier alpha value is -1.10. The highest BCUT2D eigenvalue weighted by atomic mass is 19.4. The largest absolute Gasteiger partial charge is 0.493 e. The second kappa shape index (κ2) is 6.37. The lowest BCUT2D eigenvalue weighted by Crippen LogP contribution is -2.60. The quantitative estimate of drug-likeness (QED) is 0.466. The van der Waals surface area contributed by atoms with E-state index in [9.17, 15) is 35.1 Å². The van der Waals surface area contributed by atoms with Crippen LogP contribution in [0.2, 0.25) is 0 Å². The molecule has 0 bridgehead atoms. The summed E-state index contributed by atoms with van der Waals surface area (Å²) in [6.45, 7) is -3.67. The van der Waals surface area contributed by atoms with E-state index >= 15 is 0 Å². The van der Waals surface area contributed by atoms with Crippen molar-refractivity contribution in [3.63, 3.8) is 0 Å². The summed E-state index contributed by atoms with van der Waals surface area (Å²) >= 11 is 0. The van der Waals surface area contributed by atoms with E-state index in [4.69, 9.17) is 5.11 Å². The molecule has 0 fully saturated rings. The van der Waals surface area contributed by atoms with Crippen molar-refractivity contribution in [2.45, 2.75) is 18.0 Å². The van der Waals surface area contributed by atoms with Crippen LogP contribution in [0, 0.1) is 0 Å². The van der Waals surface area contributed by atoms with E-state index in [2.05, 4.69) is 9.47 Å². The first-order valence-electron chi connectivity index (χ1n) is 4.48. The third kappa shape index (κ3) is 5.19. The summed E-state index contributed by atoms with van der Waals surface area (Å²) in [5, 5.41) is 8.58. The predicted octanol–water partition coefficient (Wildman–Crippen LogP) is 2.61. The smallest absolute Gasteiger partial charge is 0.428 e. The Morgan fingerprint density at radius 1 is 0.947 bits per heavy atom. The zero-order chi connectivity index (χ0) is 15.3. The molecule has 0 aliphatic heterocycles. The molecule has 0 aromatic carbocycles. The van der Waals surface area contributed by atoms with Crippen LogP contribution < -0.4 is 0 Å². The van der Waals surface area contributed by atoms with Gasteiger partial charge in [-0.3, -0.25) is 0 Å². The molecule has 0 rings (SSSR count). The van der Waals surface area contributed by atoms with Crippen molar-refractivity contribution in [2.75, 3.05) is 19.8 Å². The Labute approximate surface area is 101 Å². The number of hydrogen-bond acceptors (Lipinski definition) is 3. The van der Waals surface area contributed by atoms with E-state index in [-0.39, 0.29) is 6.26 Å². The van der Waals surface area contributed by atoms with Gasteiger partial charge in [-0.1, -0.05) is 0 Å². The highest BCUT2D eigenvalue weighted by Crippen LogP contribution is 2.43. The minimum absolute atomic E-state index is 0.0525. The van der Waals surface area contributed by atoms with Gasteiger partial charge in [-0.2, -0.15) is 35.1 Å². The molecule has 0 spiro atoms. The highest BCUT2D eigenvalue weighted by molar-refractivity contribution is 4.93. The van der Waals surface area contributed by atoms with E-state index < -0.39 is 43.9 Å². The molecule has 0 aliphatic carbocycles. The number of hydrogen-bond donors (Lipinski definition) is 1. The SMILES string of the molecule is OC(COCCOC=C(F)F)(C(F)(F)F)C(F)(F)F. The van der Waals surface area contributed by atoms with Crippen LogP contribution in [0.1, 0.15) is 0 Å². The average molecular weight is 304 g/mol. The molecule has 0 aromatic rings. The van der Waals surface area contributed by atoms with Crippen LogP contribution in [0.25, 0.3) is 0 Å². The molecule has 0 aromatic heterocycles. The fourth-order valence-corrected chi connectivity index (χ4v) is 0.773. The van der Waals surface area contributed by atoms with Gasteiger partial charge in [0.25, 0.3) is 5.60 Å². The zero-order valence-corrected chi connectivity index (χ0v) is 8.99. The summed E-state index contributed by atoms with van der Waals surface area (Å²) in [5.74, 6) is 0. The zero-order valence-electron chi connectivity index (χ0n) is 8.99. The molecule has 19 heavy (non-hydrogen) atoms. The van der Waals surface area contributed by atoms with Gasteiger partial charge in [0.1, 0.15) is 12.9 Å². The van der Waals surface area contributed by atoms with E-state index in [1.165, 1.54) is 0 Å². The van der Waals surface area contributed by atoms with Gasteiger partial charge in [0.05, 0.1) is 13.2 Å². The first kappa shape index (κ1) is 17.9. The van der Waals surface area contributed by atoms with E-state index in [1.807, 2.05) is 0 Å². The second-order valence-electron chi connectivity index (χ2n) is 3.19. The minimum Gasteiger partial charge on any atom is -0.493 e. The molecule has 114 valence electrons. The van der Waals surface area contributed by atoms with E-state index in [0.717, 1.165) is 0 Å². The fraction of sp³-hybridized carbons (Fsp3) is 0.750. The van der Waals surface area contributed by atoms with Gasteiger partial charge in [-0.05, 0) is 0 Å². The first-order valence-corrected chi connectivity index (χ1v) is 4.48. The average Bonchev–Trinajstić information content (AvgIpc) is 2.19. The lowest BCUT2D eigenvalue weighted by atomic mass is 10.1. The Balaban J connectivity index is 4.36. The van der Waals surface area contributed by atoms with Crippen LogP contribution in [0.15, 0.2) is 12.3 Å². The second-order valence-corrected chi connectivity index (χ2v) is 3.19. The molecule has 0 unspecified atom stereocenters. The van der Waals surface area contributed by atoms with Gasteiger partial charge >= 0.3 is 18.4 Å². The third-order valence-electron chi connectivity index (χ3n) is 1.77. The van der Waals surface area contributed by atoms with Gasteiger partial charge < -0.3 is 14.6 Å². The topological polar surface area (TPSA) is 38.7 Å². The normalized spacial score (nSPS) is 13.3. The van der Waals surface area contributed by atoms with Gasteiger partial charge in [0.15, 0.2) is 0 Å². The number of alkyl halides is 6. The minimum atomic E-state index is -5.99. The molecule has 0 heterocycles. The Morgan fingerprint density at radius 3 is 1.79 bits per heavy atom. The van der Waals surface area contributed by atoms with Crippen LogP contribution in [-0.2, 0) is 9.47 Å². The summed E-state index contributed by atoms with van der Waals surface area (Å²) < 4.78 is 103. The summed E-state index contributed by atoms with van der Waals surface area (Å²) in [7, 11) is 0. The van der Waals surface area contributed by atoms with Crippen LogP contribution in [0.4, 0.5) is 35.1 Å². The Kier molecular flexibility index (Phi) is 6.00. The van der Waals surface area contributed by atoms with Crippen molar-refractivity contribution in [3.05, 3.63) is 12.3 Å². The van der Waals surface area contributed by atoms with Crippen molar-refractivity contribution in [1.29, 1.82) is 0 Å². The van der Waals surface area contributed by atoms with Crippen molar-refractivity contribution in [3.8, 4) is 0 Å². The Morgan fingerprint density at radius 2 is 1.42 bits per heavy atom. The molecule has 1 N–H and O–H groups in total. The van der Waals surface area contributed by atoms with Crippen LogP contribution in [-0.4, -0.2) is 42.9 Å². The van der Waals surface area contributed by atoms with Crippen molar-refractivity contribution < 1.29 is 49.7 Å². The molecule has 0 radical (unpaired) electrons. The first-order chi connectivity index (χ1) is 8.42. The van der Waals surface area contributed by atoms with Crippen molar-refractivity contribution in [1.82, 2.24) is 0 Å². The summed E-state index contributed by atoms with van der Waals surface area (Å²) in [6, 6.07) is 0. The maximum Gasteiger partial charge on any atom is 0.428 e. The van der Waals surface area contributed by atoms with Crippen molar-refractivity contribution >= 4 is 0 Å². The molecule has 0 saturated carbocycles. The molecular weight excluding hydrogens is 296 g/mol. The maximum absolute atomic E-state index is 12.1. The van der Waals surface area contributed by atoms with Crippen LogP contribution >= 0.6 is 0 Å². The van der Waals surface area contributed by atoms with E-state index in [1.54, 1.807) is 0 Å². The highest BCUT2D eigenvalue weighted by Gasteiger charge is 2.70. The lowest BCUT2D eigenvalue weighted by Gasteiger charge is -2.31. The van der Waals surface area contributed by atoms with Crippen molar-refractivity contribution in [2.24, 2.45) is 0 Å². The molecule has 3 nitrogen and oxygen atoms in total. The summed E-state index contributed by atoms with van der Waals surface area (Å²) in [6.07, 6.45) is -14.3. The summed E-state index contributed by atoms with van der Waals surface area (Å²) in [4.78, 5) is 0. The summed E-state index contributed by atoms with van der Waals surface area (Å²) in [5.41, 5.74) is -5.03. The van der Waals surface area contributed by atoms with Gasteiger partial charge in [-0.15, -0.1) is 0 Å². The number of halogens is 8. The third-order valence-corrected chi connectivity index (χ3v) is 1.77. The van der Waals surface area contributed by atoms with Gasteiger partial charge in [-0.25, -0.2) is 0 Å². The molecular formula is C8H8F8O3. The number of aliphatic hydroxyl groups is 1. The monoisotopic (exact) mass is 304 g/mol. The number of ether oxygens (including phenoxy) is 2. The molecule has 0 saturated heterocycles. The van der Waals surface area contributed by atoms with E-state index in [0.29, 0.717) is 0 Å². The predicted molar refractivity (Wildman–Crippen MR) is 44.1 cm³/mol.